The fraction of sp³-hybridized carbons (Fsp3) is 0.111. The zero-order valence-corrected chi connectivity index (χ0v) is 13.2. The van der Waals surface area contributed by atoms with E-state index in [-0.39, 0.29) is 11.3 Å². The predicted octanol–water partition coefficient (Wildman–Crippen LogP) is 3.14. The molecule has 0 saturated heterocycles. The topological polar surface area (TPSA) is 88.8 Å². The lowest BCUT2D eigenvalue weighted by molar-refractivity contribution is -0.139. The van der Waals surface area contributed by atoms with Crippen molar-refractivity contribution >= 4 is 22.8 Å². The Balaban J connectivity index is 1.86. The van der Waals surface area contributed by atoms with E-state index in [1.54, 1.807) is 18.2 Å². The minimum atomic E-state index is -1.28. The number of nitrogens with one attached hydrogen (secondary N) is 1. The first-order valence-corrected chi connectivity index (χ1v) is 7.35. The molecule has 1 heterocycles. The average molecular weight is 343 g/mol. The number of carboxylic acid groups (broad SMARTS) is 1. The van der Waals surface area contributed by atoms with Crippen LogP contribution in [0.1, 0.15) is 22.2 Å². The molecule has 0 aliphatic rings. The molecule has 3 aromatic rings. The highest BCUT2D eigenvalue weighted by Gasteiger charge is 2.24. The van der Waals surface area contributed by atoms with Crippen molar-refractivity contribution in [2.75, 3.05) is 7.11 Å². The van der Waals surface area contributed by atoms with Gasteiger partial charge in [-0.15, -0.1) is 0 Å². The third-order valence-corrected chi connectivity index (χ3v) is 3.69. The summed E-state index contributed by atoms with van der Waals surface area (Å²) in [6, 6.07) is 10.6. The third kappa shape index (κ3) is 3.30. The monoisotopic (exact) mass is 343 g/mol. The van der Waals surface area contributed by atoms with Gasteiger partial charge in [0.15, 0.2) is 23.2 Å². The Labute approximate surface area is 141 Å². The van der Waals surface area contributed by atoms with Gasteiger partial charge in [0.1, 0.15) is 5.75 Å². The van der Waals surface area contributed by atoms with Crippen LogP contribution in [-0.2, 0) is 4.79 Å². The highest BCUT2D eigenvalue weighted by atomic mass is 19.1. The van der Waals surface area contributed by atoms with Gasteiger partial charge in [0, 0.05) is 5.39 Å². The first-order valence-electron chi connectivity index (χ1n) is 7.35. The maximum Gasteiger partial charge on any atom is 0.330 e. The molecular weight excluding hydrogens is 329 g/mol. The number of furan rings is 1. The van der Waals surface area contributed by atoms with Gasteiger partial charge in [-0.1, -0.05) is 24.3 Å². The van der Waals surface area contributed by atoms with Gasteiger partial charge in [-0.2, -0.15) is 0 Å². The Morgan fingerprint density at radius 1 is 1.20 bits per heavy atom. The third-order valence-electron chi connectivity index (χ3n) is 3.69. The maximum atomic E-state index is 13.7. The molecule has 0 fully saturated rings. The van der Waals surface area contributed by atoms with Gasteiger partial charge in [-0.3, -0.25) is 4.79 Å². The smallest absolute Gasteiger partial charge is 0.330 e. The molecule has 25 heavy (non-hydrogen) atoms. The molecule has 0 spiro atoms. The number of fused-ring (bicyclic) bond motifs is 1. The first-order chi connectivity index (χ1) is 12.0. The minimum Gasteiger partial charge on any atom is -0.497 e. The van der Waals surface area contributed by atoms with Crippen molar-refractivity contribution in [1.29, 1.82) is 0 Å². The number of aliphatic carboxylic acids is 1. The van der Waals surface area contributed by atoms with Crippen LogP contribution in [-0.4, -0.2) is 24.1 Å². The molecule has 2 aromatic carbocycles. The number of hydrogen-bond acceptors (Lipinski definition) is 4. The van der Waals surface area contributed by atoms with Gasteiger partial charge < -0.3 is 19.6 Å². The van der Waals surface area contributed by atoms with Gasteiger partial charge in [0.2, 0.25) is 0 Å². The second-order valence-electron chi connectivity index (χ2n) is 5.29. The van der Waals surface area contributed by atoms with E-state index in [9.17, 15) is 19.1 Å². The number of hydrogen-bond donors (Lipinski definition) is 2. The number of halogens is 1. The predicted molar refractivity (Wildman–Crippen MR) is 87.0 cm³/mol. The highest BCUT2D eigenvalue weighted by Crippen LogP contribution is 2.23. The van der Waals surface area contributed by atoms with Crippen LogP contribution >= 0.6 is 0 Å². The number of carbonyl (C=O) groups excluding carboxylic acids is 1. The molecular formula is C18H14FNO5. The molecule has 0 radical (unpaired) electrons. The normalized spacial score (nSPS) is 11.9. The van der Waals surface area contributed by atoms with E-state index in [1.807, 2.05) is 0 Å². The van der Waals surface area contributed by atoms with E-state index in [0.717, 1.165) is 0 Å². The Kier molecular flexibility index (Phi) is 4.38. The van der Waals surface area contributed by atoms with E-state index < -0.39 is 23.7 Å². The largest absolute Gasteiger partial charge is 0.497 e. The van der Waals surface area contributed by atoms with Gasteiger partial charge in [0.25, 0.3) is 5.91 Å². The maximum absolute atomic E-state index is 13.7. The standard InChI is InChI=1S/C18H14FNO5/c1-24-12-7-5-10(6-8-12)15(18(22)23)20-17(21)14-9-11-3-2-4-13(19)16(11)25-14/h2-9,15H,1H3,(H,20,21)(H,22,23). The zero-order chi connectivity index (χ0) is 18.0. The molecule has 0 aliphatic heterocycles. The van der Waals surface area contributed by atoms with Gasteiger partial charge in [0.05, 0.1) is 7.11 Å². The first kappa shape index (κ1) is 16.5. The van der Waals surface area contributed by atoms with Gasteiger partial charge in [-0.05, 0) is 29.8 Å². The summed E-state index contributed by atoms with van der Waals surface area (Å²) < 4.78 is 23.9. The number of rotatable bonds is 5. The number of methoxy groups -OCH3 is 1. The second kappa shape index (κ2) is 6.64. The molecule has 0 aliphatic carbocycles. The molecule has 1 unspecified atom stereocenters. The average Bonchev–Trinajstić information content (AvgIpc) is 3.05. The Hall–Kier alpha value is -3.35. The summed E-state index contributed by atoms with van der Waals surface area (Å²) in [5.74, 6) is -2.19. The summed E-state index contributed by atoms with van der Waals surface area (Å²) in [7, 11) is 1.49. The summed E-state index contributed by atoms with van der Waals surface area (Å²) in [6.45, 7) is 0. The minimum absolute atomic E-state index is 0.0519. The Bertz CT molecular complexity index is 932. The second-order valence-corrected chi connectivity index (χ2v) is 5.29. The lowest BCUT2D eigenvalue weighted by atomic mass is 10.1. The van der Waals surface area contributed by atoms with Crippen molar-refractivity contribution in [2.24, 2.45) is 0 Å². The number of carbonyl (C=O) groups is 2. The van der Waals surface area contributed by atoms with Crippen molar-refractivity contribution in [1.82, 2.24) is 5.32 Å². The van der Waals surface area contributed by atoms with Crippen LogP contribution < -0.4 is 10.1 Å². The molecule has 1 atom stereocenters. The van der Waals surface area contributed by atoms with Crippen molar-refractivity contribution < 1.29 is 28.2 Å². The van der Waals surface area contributed by atoms with Crippen LogP contribution in [0.2, 0.25) is 0 Å². The molecule has 1 amide bonds. The zero-order valence-electron chi connectivity index (χ0n) is 13.2. The molecule has 2 N–H and O–H groups in total. The number of para-hydroxylation sites is 1. The van der Waals surface area contributed by atoms with Crippen LogP contribution in [0.25, 0.3) is 11.0 Å². The summed E-state index contributed by atoms with van der Waals surface area (Å²) in [5.41, 5.74) is 0.313. The Morgan fingerprint density at radius 3 is 2.52 bits per heavy atom. The number of carboxylic acids is 1. The fourth-order valence-corrected chi connectivity index (χ4v) is 2.43. The van der Waals surface area contributed by atoms with Crippen molar-refractivity contribution in [3.05, 3.63) is 65.7 Å². The van der Waals surface area contributed by atoms with E-state index in [0.29, 0.717) is 16.7 Å². The number of ether oxygens (including phenoxy) is 1. The van der Waals surface area contributed by atoms with E-state index in [4.69, 9.17) is 9.15 Å². The van der Waals surface area contributed by atoms with Gasteiger partial charge in [-0.25, -0.2) is 9.18 Å². The van der Waals surface area contributed by atoms with Crippen LogP contribution in [0.15, 0.2) is 52.9 Å². The van der Waals surface area contributed by atoms with Crippen LogP contribution in [0, 0.1) is 5.82 Å². The molecule has 1 aromatic heterocycles. The van der Waals surface area contributed by atoms with Crippen LogP contribution in [0.4, 0.5) is 4.39 Å². The molecule has 3 rings (SSSR count). The number of benzene rings is 2. The van der Waals surface area contributed by atoms with E-state index in [2.05, 4.69) is 5.32 Å². The number of amides is 1. The summed E-state index contributed by atoms with van der Waals surface area (Å²) in [6.07, 6.45) is 0. The van der Waals surface area contributed by atoms with Crippen molar-refractivity contribution in [3.63, 3.8) is 0 Å². The highest BCUT2D eigenvalue weighted by molar-refractivity contribution is 5.98. The van der Waals surface area contributed by atoms with E-state index >= 15 is 0 Å². The van der Waals surface area contributed by atoms with Crippen molar-refractivity contribution in [3.8, 4) is 5.75 Å². The van der Waals surface area contributed by atoms with Crippen LogP contribution in [0.5, 0.6) is 5.75 Å². The quantitative estimate of drug-likeness (QED) is 0.743. The molecule has 0 saturated carbocycles. The fourth-order valence-electron chi connectivity index (χ4n) is 2.43. The lowest BCUT2D eigenvalue weighted by Gasteiger charge is -2.14. The molecule has 6 nitrogen and oxygen atoms in total. The Morgan fingerprint density at radius 2 is 1.92 bits per heavy atom. The molecule has 128 valence electrons. The SMILES string of the molecule is COc1ccc(C(NC(=O)c2cc3cccc(F)c3o2)C(=O)O)cc1. The van der Waals surface area contributed by atoms with Gasteiger partial charge >= 0.3 is 5.97 Å². The molecule has 7 heteroatoms. The van der Waals surface area contributed by atoms with Crippen LogP contribution in [0.3, 0.4) is 0 Å². The summed E-state index contributed by atoms with van der Waals surface area (Å²) >= 11 is 0. The summed E-state index contributed by atoms with van der Waals surface area (Å²) in [4.78, 5) is 23.8. The van der Waals surface area contributed by atoms with Crippen molar-refractivity contribution in [2.45, 2.75) is 6.04 Å². The van der Waals surface area contributed by atoms with E-state index in [1.165, 1.54) is 37.4 Å². The lowest BCUT2D eigenvalue weighted by Crippen LogP contribution is -2.33. The summed E-state index contributed by atoms with van der Waals surface area (Å²) in [5, 5.41) is 12.2. The molecule has 0 bridgehead atoms.